The van der Waals surface area contributed by atoms with E-state index in [1.54, 1.807) is 18.2 Å². The Hall–Kier alpha value is -3.58. The molecule has 0 saturated heterocycles. The molecule has 3 aromatic carbocycles. The Bertz CT molecular complexity index is 1020. The van der Waals surface area contributed by atoms with Gasteiger partial charge in [-0.25, -0.2) is 0 Å². The monoisotopic (exact) mass is 354 g/mol. The number of para-hydroxylation sites is 1. The first-order valence-corrected chi connectivity index (χ1v) is 8.84. The molecule has 3 aromatic rings. The molecule has 27 heavy (non-hydrogen) atoms. The smallest absolute Gasteiger partial charge is 0.232 e. The molecular formula is C23H18N2O2. The SMILES string of the molecule is N#Cc1ccc(OCc2ccccc2)c(C2Cc3ccccc3NC2=O)c1. The van der Waals surface area contributed by atoms with E-state index < -0.39 is 0 Å². The van der Waals surface area contributed by atoms with E-state index in [-0.39, 0.29) is 11.8 Å². The van der Waals surface area contributed by atoms with Crippen LogP contribution in [0.1, 0.15) is 28.2 Å². The molecule has 4 nitrogen and oxygen atoms in total. The van der Waals surface area contributed by atoms with E-state index >= 15 is 0 Å². The molecule has 1 amide bonds. The van der Waals surface area contributed by atoms with Crippen molar-refractivity contribution in [2.75, 3.05) is 5.32 Å². The third-order valence-corrected chi connectivity index (χ3v) is 4.77. The number of fused-ring (bicyclic) bond motifs is 1. The topological polar surface area (TPSA) is 62.1 Å². The molecule has 1 unspecified atom stereocenters. The predicted molar refractivity (Wildman–Crippen MR) is 103 cm³/mol. The zero-order chi connectivity index (χ0) is 18.6. The van der Waals surface area contributed by atoms with Crippen LogP contribution in [0.2, 0.25) is 0 Å². The summed E-state index contributed by atoms with van der Waals surface area (Å²) in [5, 5.41) is 12.3. The van der Waals surface area contributed by atoms with E-state index in [0.29, 0.717) is 24.3 Å². The van der Waals surface area contributed by atoms with Crippen LogP contribution in [0.25, 0.3) is 0 Å². The van der Waals surface area contributed by atoms with Gasteiger partial charge in [-0.3, -0.25) is 4.79 Å². The van der Waals surface area contributed by atoms with Crippen LogP contribution in [0.5, 0.6) is 5.75 Å². The molecule has 1 N–H and O–H groups in total. The fraction of sp³-hybridized carbons (Fsp3) is 0.130. The fourth-order valence-electron chi connectivity index (χ4n) is 3.36. The van der Waals surface area contributed by atoms with E-state index in [9.17, 15) is 10.1 Å². The summed E-state index contributed by atoms with van der Waals surface area (Å²) in [6.07, 6.45) is 0.582. The number of carbonyl (C=O) groups excluding carboxylic acids is 1. The highest BCUT2D eigenvalue weighted by molar-refractivity contribution is 5.99. The minimum Gasteiger partial charge on any atom is -0.489 e. The molecule has 0 aromatic heterocycles. The van der Waals surface area contributed by atoms with Gasteiger partial charge in [0.25, 0.3) is 0 Å². The van der Waals surface area contributed by atoms with Gasteiger partial charge in [-0.05, 0) is 41.8 Å². The van der Waals surface area contributed by atoms with Gasteiger partial charge in [0, 0.05) is 11.3 Å². The summed E-state index contributed by atoms with van der Waals surface area (Å²) in [5.41, 5.74) is 4.24. The molecule has 0 radical (unpaired) electrons. The second-order valence-corrected chi connectivity index (χ2v) is 6.54. The first kappa shape index (κ1) is 16.9. The summed E-state index contributed by atoms with van der Waals surface area (Å²) in [7, 11) is 0. The molecule has 1 heterocycles. The van der Waals surface area contributed by atoms with Gasteiger partial charge in [-0.15, -0.1) is 0 Å². The maximum atomic E-state index is 12.7. The molecule has 1 aliphatic heterocycles. The normalized spacial score (nSPS) is 15.4. The van der Waals surface area contributed by atoms with Gasteiger partial charge in [0.15, 0.2) is 0 Å². The average molecular weight is 354 g/mol. The maximum Gasteiger partial charge on any atom is 0.232 e. The Morgan fingerprint density at radius 2 is 1.81 bits per heavy atom. The summed E-state index contributed by atoms with van der Waals surface area (Å²) >= 11 is 0. The Morgan fingerprint density at radius 3 is 2.63 bits per heavy atom. The van der Waals surface area contributed by atoms with Crippen LogP contribution in [0.15, 0.2) is 72.8 Å². The number of anilines is 1. The molecular weight excluding hydrogens is 336 g/mol. The molecule has 1 aliphatic rings. The molecule has 4 heteroatoms. The van der Waals surface area contributed by atoms with E-state index in [4.69, 9.17) is 4.74 Å². The summed E-state index contributed by atoms with van der Waals surface area (Å²) in [5.74, 6) is 0.171. The Balaban J connectivity index is 1.66. The summed E-state index contributed by atoms with van der Waals surface area (Å²) in [6.45, 7) is 0.407. The lowest BCUT2D eigenvalue weighted by Gasteiger charge is -2.26. The van der Waals surface area contributed by atoms with Crippen molar-refractivity contribution in [3.63, 3.8) is 0 Å². The molecule has 0 fully saturated rings. The lowest BCUT2D eigenvalue weighted by Crippen LogP contribution is -2.28. The van der Waals surface area contributed by atoms with Crippen LogP contribution in [0, 0.1) is 11.3 Å². The number of nitrogens with zero attached hydrogens (tertiary/aromatic N) is 1. The van der Waals surface area contributed by atoms with Crippen molar-refractivity contribution in [3.05, 3.63) is 95.1 Å². The second kappa shape index (κ2) is 7.35. The average Bonchev–Trinajstić information content (AvgIpc) is 2.72. The van der Waals surface area contributed by atoms with E-state index in [0.717, 1.165) is 22.4 Å². The Labute approximate surface area is 158 Å². The largest absolute Gasteiger partial charge is 0.489 e. The van der Waals surface area contributed by atoms with Crippen molar-refractivity contribution >= 4 is 11.6 Å². The quantitative estimate of drug-likeness (QED) is 0.754. The Morgan fingerprint density at radius 1 is 1.04 bits per heavy atom. The van der Waals surface area contributed by atoms with Gasteiger partial charge in [0.2, 0.25) is 5.91 Å². The van der Waals surface area contributed by atoms with Gasteiger partial charge >= 0.3 is 0 Å². The van der Waals surface area contributed by atoms with Gasteiger partial charge in [0.1, 0.15) is 12.4 Å². The number of ether oxygens (including phenoxy) is 1. The minimum absolute atomic E-state index is 0.0756. The van der Waals surface area contributed by atoms with E-state index in [1.165, 1.54) is 0 Å². The zero-order valence-corrected chi connectivity index (χ0v) is 14.7. The molecule has 132 valence electrons. The third-order valence-electron chi connectivity index (χ3n) is 4.77. The lowest BCUT2D eigenvalue weighted by atomic mass is 9.86. The highest BCUT2D eigenvalue weighted by Crippen LogP contribution is 2.36. The van der Waals surface area contributed by atoms with Gasteiger partial charge in [-0.2, -0.15) is 5.26 Å². The zero-order valence-electron chi connectivity index (χ0n) is 14.7. The van der Waals surface area contributed by atoms with Crippen molar-refractivity contribution < 1.29 is 9.53 Å². The molecule has 4 rings (SSSR count). The number of benzene rings is 3. The molecule has 0 spiro atoms. The highest BCUT2D eigenvalue weighted by Gasteiger charge is 2.30. The van der Waals surface area contributed by atoms with Crippen LogP contribution < -0.4 is 10.1 Å². The fourth-order valence-corrected chi connectivity index (χ4v) is 3.36. The van der Waals surface area contributed by atoms with Crippen molar-refractivity contribution in [2.45, 2.75) is 18.9 Å². The minimum atomic E-state index is -0.390. The van der Waals surface area contributed by atoms with Gasteiger partial charge in [-0.1, -0.05) is 48.5 Å². The maximum absolute atomic E-state index is 12.7. The highest BCUT2D eigenvalue weighted by atomic mass is 16.5. The van der Waals surface area contributed by atoms with E-state index in [2.05, 4.69) is 11.4 Å². The number of rotatable bonds is 4. The van der Waals surface area contributed by atoms with Gasteiger partial charge < -0.3 is 10.1 Å². The number of amides is 1. The van der Waals surface area contributed by atoms with Crippen molar-refractivity contribution in [3.8, 4) is 11.8 Å². The molecule has 1 atom stereocenters. The van der Waals surface area contributed by atoms with Crippen LogP contribution >= 0.6 is 0 Å². The first-order valence-electron chi connectivity index (χ1n) is 8.84. The number of carbonyl (C=O) groups is 1. The second-order valence-electron chi connectivity index (χ2n) is 6.54. The van der Waals surface area contributed by atoms with Crippen molar-refractivity contribution in [1.29, 1.82) is 5.26 Å². The number of nitrogens with one attached hydrogen (secondary N) is 1. The summed E-state index contributed by atoms with van der Waals surface area (Å²) < 4.78 is 6.02. The predicted octanol–water partition coefficient (Wildman–Crippen LogP) is 4.42. The van der Waals surface area contributed by atoms with Crippen LogP contribution in [-0.4, -0.2) is 5.91 Å². The van der Waals surface area contributed by atoms with Crippen LogP contribution in [0.3, 0.4) is 0 Å². The Kier molecular flexibility index (Phi) is 4.59. The number of hydrogen-bond donors (Lipinski definition) is 1. The van der Waals surface area contributed by atoms with Crippen LogP contribution in [0.4, 0.5) is 5.69 Å². The molecule has 0 bridgehead atoms. The van der Waals surface area contributed by atoms with Gasteiger partial charge in [0.05, 0.1) is 17.6 Å². The summed E-state index contributed by atoms with van der Waals surface area (Å²) in [4.78, 5) is 12.7. The van der Waals surface area contributed by atoms with E-state index in [1.807, 2.05) is 54.6 Å². The lowest BCUT2D eigenvalue weighted by molar-refractivity contribution is -0.117. The molecule has 0 aliphatic carbocycles. The van der Waals surface area contributed by atoms with Crippen LogP contribution in [-0.2, 0) is 17.8 Å². The number of hydrogen-bond acceptors (Lipinski definition) is 3. The summed E-state index contributed by atoms with van der Waals surface area (Å²) in [6, 6.07) is 25.1. The first-order chi connectivity index (χ1) is 13.2. The molecule has 0 saturated carbocycles. The third kappa shape index (κ3) is 3.54. The van der Waals surface area contributed by atoms with Crippen molar-refractivity contribution in [1.82, 2.24) is 0 Å². The van der Waals surface area contributed by atoms with Crippen molar-refractivity contribution in [2.24, 2.45) is 0 Å². The number of nitriles is 1. The standard InChI is InChI=1S/C23H18N2O2/c24-14-17-10-11-22(27-15-16-6-2-1-3-7-16)19(12-17)20-13-18-8-4-5-9-21(18)25-23(20)26/h1-12,20H,13,15H2,(H,25,26).